The van der Waals surface area contributed by atoms with E-state index >= 15 is 0 Å². The molecule has 1 rings (SSSR count). The number of aliphatic hydroxyl groups excluding tert-OH is 2. The van der Waals surface area contributed by atoms with Crippen LogP contribution in [0.4, 0.5) is 0 Å². The molecule has 0 aromatic heterocycles. The molecule has 0 bridgehead atoms. The molecule has 0 unspecified atom stereocenters. The van der Waals surface area contributed by atoms with E-state index in [2.05, 4.69) is 0 Å². The maximum absolute atomic E-state index is 11.7. The fourth-order valence-electron chi connectivity index (χ4n) is 2.13. The van der Waals surface area contributed by atoms with Crippen molar-refractivity contribution in [1.82, 2.24) is 0 Å². The van der Waals surface area contributed by atoms with Crippen molar-refractivity contribution in [3.63, 3.8) is 0 Å². The number of esters is 1. The molecular formula is C13H24O5. The summed E-state index contributed by atoms with van der Waals surface area (Å²) in [6, 6.07) is 0. The molecule has 0 amide bonds. The first-order valence-corrected chi connectivity index (χ1v) is 6.78. The van der Waals surface area contributed by atoms with Crippen LogP contribution in [0, 0.1) is 5.92 Å². The van der Waals surface area contributed by atoms with Crippen molar-refractivity contribution in [1.29, 1.82) is 0 Å². The molecule has 1 aliphatic rings. The smallest absolute Gasteiger partial charge is 0.308 e. The Morgan fingerprint density at radius 3 is 2.22 bits per heavy atom. The van der Waals surface area contributed by atoms with E-state index in [0.29, 0.717) is 26.1 Å². The second-order valence-electron chi connectivity index (χ2n) is 4.67. The van der Waals surface area contributed by atoms with Crippen LogP contribution in [0.5, 0.6) is 0 Å². The van der Waals surface area contributed by atoms with Gasteiger partial charge in [0.25, 0.3) is 0 Å². The molecule has 5 heteroatoms. The second kappa shape index (κ2) is 9.30. The molecule has 106 valence electrons. The largest absolute Gasteiger partial charge is 0.465 e. The average molecular weight is 260 g/mol. The molecule has 18 heavy (non-hydrogen) atoms. The molecule has 0 aliphatic heterocycles. The third-order valence-corrected chi connectivity index (χ3v) is 3.21. The molecule has 1 fully saturated rings. The van der Waals surface area contributed by atoms with Gasteiger partial charge < -0.3 is 19.7 Å². The molecule has 2 N–H and O–H groups in total. The minimum atomic E-state index is -0.141. The zero-order valence-electron chi connectivity index (χ0n) is 10.8. The van der Waals surface area contributed by atoms with Gasteiger partial charge in [-0.25, -0.2) is 0 Å². The zero-order valence-corrected chi connectivity index (χ0v) is 10.8. The van der Waals surface area contributed by atoms with E-state index in [0.717, 1.165) is 25.7 Å². The van der Waals surface area contributed by atoms with E-state index in [1.807, 2.05) is 0 Å². The van der Waals surface area contributed by atoms with Gasteiger partial charge in [0.15, 0.2) is 0 Å². The lowest BCUT2D eigenvalue weighted by molar-refractivity contribution is -0.151. The molecule has 0 aromatic rings. The number of rotatable bonds is 8. The lowest BCUT2D eigenvalue weighted by atomic mass is 9.87. The molecule has 0 radical (unpaired) electrons. The van der Waals surface area contributed by atoms with Crippen molar-refractivity contribution in [3.8, 4) is 0 Å². The normalized spacial score (nSPS) is 23.9. The van der Waals surface area contributed by atoms with Crippen LogP contribution in [0.15, 0.2) is 0 Å². The van der Waals surface area contributed by atoms with Gasteiger partial charge in [-0.1, -0.05) is 0 Å². The number of hydrogen-bond acceptors (Lipinski definition) is 5. The van der Waals surface area contributed by atoms with Gasteiger partial charge in [0.1, 0.15) is 0 Å². The van der Waals surface area contributed by atoms with Crippen LogP contribution in [0.25, 0.3) is 0 Å². The lowest BCUT2D eigenvalue weighted by Crippen LogP contribution is -2.28. The Labute approximate surface area is 108 Å². The Morgan fingerprint density at radius 1 is 1.00 bits per heavy atom. The fraction of sp³-hybridized carbons (Fsp3) is 0.923. The maximum Gasteiger partial charge on any atom is 0.308 e. The van der Waals surface area contributed by atoms with Crippen LogP contribution < -0.4 is 0 Å². The Kier molecular flexibility index (Phi) is 7.96. The molecule has 0 spiro atoms. The van der Waals surface area contributed by atoms with Gasteiger partial charge in [0, 0.05) is 26.2 Å². The van der Waals surface area contributed by atoms with E-state index in [1.165, 1.54) is 0 Å². The maximum atomic E-state index is 11.7. The Bertz CT molecular complexity index is 223. The first kappa shape index (κ1) is 15.4. The van der Waals surface area contributed by atoms with Crippen LogP contribution in [0.3, 0.4) is 0 Å². The molecule has 0 heterocycles. The average Bonchev–Trinajstić information content (AvgIpc) is 2.40. The van der Waals surface area contributed by atoms with E-state index < -0.39 is 0 Å². The summed E-state index contributed by atoms with van der Waals surface area (Å²) in [5, 5.41) is 17.3. The monoisotopic (exact) mass is 260 g/mol. The lowest BCUT2D eigenvalue weighted by Gasteiger charge is -2.27. The highest BCUT2D eigenvalue weighted by Crippen LogP contribution is 2.27. The summed E-state index contributed by atoms with van der Waals surface area (Å²) in [5.41, 5.74) is 0. The predicted octanol–water partition coefficient (Wildman–Crippen LogP) is 0.870. The Hall–Kier alpha value is -0.650. The number of hydrogen-bond donors (Lipinski definition) is 2. The van der Waals surface area contributed by atoms with E-state index in [-0.39, 0.29) is 31.2 Å². The predicted molar refractivity (Wildman–Crippen MR) is 66.1 cm³/mol. The third-order valence-electron chi connectivity index (χ3n) is 3.21. The van der Waals surface area contributed by atoms with Crippen molar-refractivity contribution in [2.75, 3.05) is 26.4 Å². The number of carbonyl (C=O) groups is 1. The van der Waals surface area contributed by atoms with Gasteiger partial charge in [-0.05, 0) is 32.1 Å². The minimum absolute atomic E-state index is 0.0126. The quantitative estimate of drug-likeness (QED) is 0.500. The fourth-order valence-corrected chi connectivity index (χ4v) is 2.13. The Balaban J connectivity index is 2.12. The first-order chi connectivity index (χ1) is 8.77. The topological polar surface area (TPSA) is 76.0 Å². The number of aliphatic hydroxyl groups is 2. The molecule has 0 atom stereocenters. The molecule has 0 saturated heterocycles. The van der Waals surface area contributed by atoms with Gasteiger partial charge in [0.05, 0.1) is 18.6 Å². The van der Waals surface area contributed by atoms with Crippen LogP contribution >= 0.6 is 0 Å². The van der Waals surface area contributed by atoms with E-state index in [9.17, 15) is 4.79 Å². The minimum Gasteiger partial charge on any atom is -0.465 e. The Morgan fingerprint density at radius 2 is 1.61 bits per heavy atom. The summed E-state index contributed by atoms with van der Waals surface area (Å²) in [5.74, 6) is -0.154. The second-order valence-corrected chi connectivity index (χ2v) is 4.67. The highest BCUT2D eigenvalue weighted by molar-refractivity contribution is 5.72. The molecule has 1 aliphatic carbocycles. The molecular weight excluding hydrogens is 236 g/mol. The number of ether oxygens (including phenoxy) is 2. The van der Waals surface area contributed by atoms with Crippen molar-refractivity contribution < 1.29 is 24.5 Å². The van der Waals surface area contributed by atoms with Crippen molar-refractivity contribution in [2.45, 2.75) is 44.6 Å². The SMILES string of the molecule is O=C(OCCCO)C1CCC(OCCCO)CC1. The van der Waals surface area contributed by atoms with Crippen LogP contribution in [0.1, 0.15) is 38.5 Å². The van der Waals surface area contributed by atoms with Crippen LogP contribution in [-0.2, 0) is 14.3 Å². The zero-order chi connectivity index (χ0) is 13.2. The summed E-state index contributed by atoms with van der Waals surface area (Å²) in [4.78, 5) is 11.7. The van der Waals surface area contributed by atoms with Gasteiger partial charge in [-0.15, -0.1) is 0 Å². The molecule has 1 saturated carbocycles. The van der Waals surface area contributed by atoms with Gasteiger partial charge in [0.2, 0.25) is 0 Å². The van der Waals surface area contributed by atoms with Gasteiger partial charge in [-0.3, -0.25) is 4.79 Å². The van der Waals surface area contributed by atoms with E-state index in [4.69, 9.17) is 19.7 Å². The van der Waals surface area contributed by atoms with Crippen molar-refractivity contribution in [3.05, 3.63) is 0 Å². The van der Waals surface area contributed by atoms with Crippen LogP contribution in [-0.4, -0.2) is 48.7 Å². The molecule has 5 nitrogen and oxygen atoms in total. The molecule has 0 aromatic carbocycles. The summed E-state index contributed by atoms with van der Waals surface area (Å²) in [7, 11) is 0. The summed E-state index contributed by atoms with van der Waals surface area (Å²) >= 11 is 0. The summed E-state index contributed by atoms with van der Waals surface area (Å²) in [6.07, 6.45) is 4.77. The third kappa shape index (κ3) is 5.80. The van der Waals surface area contributed by atoms with Crippen molar-refractivity contribution in [2.24, 2.45) is 5.92 Å². The standard InChI is InChI=1S/C13H24O5/c14-7-1-9-17-12-5-3-11(4-6-12)13(16)18-10-2-8-15/h11-12,14-15H,1-10H2. The van der Waals surface area contributed by atoms with Crippen LogP contribution in [0.2, 0.25) is 0 Å². The summed E-state index contributed by atoms with van der Waals surface area (Å²) in [6.45, 7) is 1.11. The number of carbonyl (C=O) groups excluding carboxylic acids is 1. The first-order valence-electron chi connectivity index (χ1n) is 6.78. The highest BCUT2D eigenvalue weighted by atomic mass is 16.5. The highest BCUT2D eigenvalue weighted by Gasteiger charge is 2.27. The summed E-state index contributed by atoms with van der Waals surface area (Å²) < 4.78 is 10.7. The van der Waals surface area contributed by atoms with E-state index in [1.54, 1.807) is 0 Å². The van der Waals surface area contributed by atoms with Gasteiger partial charge >= 0.3 is 5.97 Å². The van der Waals surface area contributed by atoms with Crippen molar-refractivity contribution >= 4 is 5.97 Å². The van der Waals surface area contributed by atoms with Gasteiger partial charge in [-0.2, -0.15) is 0 Å².